The van der Waals surface area contributed by atoms with E-state index in [0.717, 1.165) is 30.6 Å². The molecule has 1 aliphatic rings. The van der Waals surface area contributed by atoms with Crippen LogP contribution in [0.15, 0.2) is 53.3 Å². The maximum Gasteiger partial charge on any atom is 0.276 e. The molecule has 2 heterocycles. The largest absolute Gasteiger partial charge is 0.369 e. The second-order valence-corrected chi connectivity index (χ2v) is 7.64. The van der Waals surface area contributed by atoms with Crippen LogP contribution in [-0.4, -0.2) is 38.7 Å². The summed E-state index contributed by atoms with van der Waals surface area (Å²) in [6.07, 6.45) is 2.57. The summed E-state index contributed by atoms with van der Waals surface area (Å²) in [7, 11) is 2.11. The summed E-state index contributed by atoms with van der Waals surface area (Å²) >= 11 is 0. The number of nitrogens with zero attached hydrogens (tertiary/aromatic N) is 3. The van der Waals surface area contributed by atoms with Crippen molar-refractivity contribution < 1.29 is 4.79 Å². The van der Waals surface area contributed by atoms with Gasteiger partial charge in [0.25, 0.3) is 5.56 Å². The van der Waals surface area contributed by atoms with Crippen molar-refractivity contribution >= 4 is 5.91 Å². The number of amides is 1. The van der Waals surface area contributed by atoms with Crippen LogP contribution in [0, 0.1) is 0 Å². The van der Waals surface area contributed by atoms with Crippen LogP contribution >= 0.6 is 0 Å². The van der Waals surface area contributed by atoms with Crippen molar-refractivity contribution in [2.45, 2.75) is 38.3 Å². The van der Waals surface area contributed by atoms with Crippen molar-refractivity contribution in [3.05, 3.63) is 81.4 Å². The third-order valence-electron chi connectivity index (χ3n) is 5.51. The monoisotopic (exact) mass is 391 g/mol. The van der Waals surface area contributed by atoms with E-state index in [-0.39, 0.29) is 12.0 Å². The van der Waals surface area contributed by atoms with Gasteiger partial charge in [0.05, 0.1) is 12.1 Å². The lowest BCUT2D eigenvalue weighted by atomic mass is 9.92. The number of primary amides is 1. The highest BCUT2D eigenvalue weighted by molar-refractivity contribution is 5.76. The van der Waals surface area contributed by atoms with Gasteiger partial charge in [0.15, 0.2) is 5.82 Å². The van der Waals surface area contributed by atoms with Gasteiger partial charge in [-0.2, -0.15) is 0 Å². The minimum absolute atomic E-state index is 0.0510. The summed E-state index contributed by atoms with van der Waals surface area (Å²) < 4.78 is 1.48. The molecule has 0 spiro atoms. The highest BCUT2D eigenvalue weighted by Crippen LogP contribution is 2.22. The van der Waals surface area contributed by atoms with E-state index in [1.807, 2.05) is 18.2 Å². The molecule has 0 aliphatic heterocycles. The zero-order valence-electron chi connectivity index (χ0n) is 16.5. The Morgan fingerprint density at radius 1 is 1.24 bits per heavy atom. The van der Waals surface area contributed by atoms with Gasteiger partial charge in [0.2, 0.25) is 5.91 Å². The molecule has 150 valence electrons. The lowest BCUT2D eigenvalue weighted by Gasteiger charge is -2.30. The lowest BCUT2D eigenvalue weighted by Crippen LogP contribution is -2.37. The highest BCUT2D eigenvalue weighted by Gasteiger charge is 2.27. The first-order valence-electron chi connectivity index (χ1n) is 9.83. The molecule has 0 radical (unpaired) electrons. The number of aromatic nitrogens is 3. The fraction of sp³-hybridized carbons (Fsp3) is 0.318. The number of hydrogen-bond acceptors (Lipinski definition) is 4. The third-order valence-corrected chi connectivity index (χ3v) is 5.51. The SMILES string of the molecule is CN(Cc1ccccc1)C1CCc2[nH]n(-c3cccc(CC(N)=O)n3)c(=O)c2C1. The Kier molecular flexibility index (Phi) is 5.31. The lowest BCUT2D eigenvalue weighted by molar-refractivity contribution is -0.117. The summed E-state index contributed by atoms with van der Waals surface area (Å²) in [4.78, 5) is 31.0. The molecule has 2 aromatic heterocycles. The molecule has 1 amide bonds. The van der Waals surface area contributed by atoms with Crippen LogP contribution in [0.5, 0.6) is 0 Å². The first-order valence-corrected chi connectivity index (χ1v) is 9.83. The molecular formula is C22H25N5O2. The van der Waals surface area contributed by atoms with Gasteiger partial charge in [0, 0.05) is 23.8 Å². The number of benzene rings is 1. The molecule has 7 nitrogen and oxygen atoms in total. The van der Waals surface area contributed by atoms with Gasteiger partial charge in [-0.1, -0.05) is 36.4 Å². The minimum Gasteiger partial charge on any atom is -0.369 e. The second kappa shape index (κ2) is 8.05. The molecule has 1 aliphatic carbocycles. The number of hydrogen-bond donors (Lipinski definition) is 2. The Morgan fingerprint density at radius 2 is 2.03 bits per heavy atom. The Morgan fingerprint density at radius 3 is 2.79 bits per heavy atom. The number of nitrogens with one attached hydrogen (secondary N) is 1. The number of nitrogens with two attached hydrogens (primary N) is 1. The first kappa shape index (κ1) is 19.1. The van der Waals surface area contributed by atoms with Crippen LogP contribution in [0.2, 0.25) is 0 Å². The number of carbonyl (C=O) groups is 1. The number of carbonyl (C=O) groups excluding carboxylic acids is 1. The number of H-pyrrole nitrogens is 1. The molecule has 0 saturated carbocycles. The van der Waals surface area contributed by atoms with Crippen LogP contribution in [0.4, 0.5) is 0 Å². The molecule has 1 aromatic carbocycles. The molecule has 0 fully saturated rings. The Bertz CT molecular complexity index is 1070. The van der Waals surface area contributed by atoms with Crippen molar-refractivity contribution in [3.8, 4) is 5.82 Å². The summed E-state index contributed by atoms with van der Waals surface area (Å²) in [5, 5.41) is 3.21. The van der Waals surface area contributed by atoms with Gasteiger partial charge in [-0.15, -0.1) is 0 Å². The number of pyridine rings is 1. The zero-order chi connectivity index (χ0) is 20.4. The van der Waals surface area contributed by atoms with Crippen molar-refractivity contribution in [1.29, 1.82) is 0 Å². The second-order valence-electron chi connectivity index (χ2n) is 7.64. The van der Waals surface area contributed by atoms with Gasteiger partial charge in [-0.05, 0) is 44.0 Å². The van der Waals surface area contributed by atoms with Crippen LogP contribution in [0.3, 0.4) is 0 Å². The average molecular weight is 391 g/mol. The summed E-state index contributed by atoms with van der Waals surface area (Å²) in [6.45, 7) is 0.857. The van der Waals surface area contributed by atoms with Gasteiger partial charge >= 0.3 is 0 Å². The van der Waals surface area contributed by atoms with E-state index >= 15 is 0 Å². The molecule has 4 rings (SSSR count). The van der Waals surface area contributed by atoms with Crippen molar-refractivity contribution in [2.24, 2.45) is 5.73 Å². The topological polar surface area (TPSA) is 97.0 Å². The van der Waals surface area contributed by atoms with Crippen molar-refractivity contribution in [1.82, 2.24) is 19.7 Å². The number of aromatic amines is 1. The highest BCUT2D eigenvalue weighted by atomic mass is 16.1. The van der Waals surface area contributed by atoms with Crippen LogP contribution in [0.1, 0.15) is 28.9 Å². The average Bonchev–Trinajstić information content (AvgIpc) is 3.04. The predicted octanol–water partition coefficient (Wildman–Crippen LogP) is 1.58. The Balaban J connectivity index is 1.55. The molecule has 1 atom stereocenters. The number of aryl methyl sites for hydroxylation is 1. The van der Waals surface area contributed by atoms with Gasteiger partial charge in [0.1, 0.15) is 0 Å². The van der Waals surface area contributed by atoms with E-state index in [2.05, 4.69) is 34.2 Å². The zero-order valence-corrected chi connectivity index (χ0v) is 16.5. The molecule has 0 bridgehead atoms. The van der Waals surface area contributed by atoms with Crippen LogP contribution < -0.4 is 11.3 Å². The number of fused-ring (bicyclic) bond motifs is 1. The van der Waals surface area contributed by atoms with E-state index in [9.17, 15) is 9.59 Å². The standard InChI is InChI=1S/C22H25N5O2/c1-26(14-15-6-3-2-4-7-15)17-10-11-19-18(13-17)22(29)27(25-19)21-9-5-8-16(24-21)12-20(23)28/h2-9,17,25H,10-14H2,1H3,(H2,23,28). The Hall–Kier alpha value is -3.19. The third kappa shape index (κ3) is 4.14. The molecular weight excluding hydrogens is 366 g/mol. The molecule has 1 unspecified atom stereocenters. The van der Waals surface area contributed by atoms with E-state index in [1.54, 1.807) is 18.2 Å². The maximum atomic E-state index is 13.1. The minimum atomic E-state index is -0.447. The molecule has 7 heteroatoms. The predicted molar refractivity (Wildman–Crippen MR) is 111 cm³/mol. The summed E-state index contributed by atoms with van der Waals surface area (Å²) in [6, 6.07) is 15.9. The maximum absolute atomic E-state index is 13.1. The fourth-order valence-corrected chi connectivity index (χ4v) is 3.99. The van der Waals surface area contributed by atoms with E-state index < -0.39 is 5.91 Å². The van der Waals surface area contributed by atoms with E-state index in [1.165, 1.54) is 10.2 Å². The number of likely N-dealkylation sites (N-methyl/N-ethyl adjacent to an activating group) is 1. The van der Waals surface area contributed by atoms with Gasteiger partial charge in [-0.3, -0.25) is 19.6 Å². The van der Waals surface area contributed by atoms with Gasteiger partial charge < -0.3 is 5.73 Å². The quantitative estimate of drug-likeness (QED) is 0.667. The smallest absolute Gasteiger partial charge is 0.276 e. The number of rotatable bonds is 6. The molecule has 3 aromatic rings. The normalized spacial score (nSPS) is 16.0. The van der Waals surface area contributed by atoms with Gasteiger partial charge in [-0.25, -0.2) is 9.67 Å². The van der Waals surface area contributed by atoms with Crippen molar-refractivity contribution in [2.75, 3.05) is 7.05 Å². The summed E-state index contributed by atoms with van der Waals surface area (Å²) in [5.74, 6) is 0.0365. The van der Waals surface area contributed by atoms with E-state index in [4.69, 9.17) is 5.73 Å². The van der Waals surface area contributed by atoms with Crippen LogP contribution in [0.25, 0.3) is 5.82 Å². The van der Waals surface area contributed by atoms with Crippen LogP contribution in [-0.2, 0) is 30.6 Å². The fourth-order valence-electron chi connectivity index (χ4n) is 3.99. The summed E-state index contributed by atoms with van der Waals surface area (Å²) in [5.41, 5.74) is 8.81. The first-order chi connectivity index (χ1) is 14.0. The molecule has 0 saturated heterocycles. The molecule has 29 heavy (non-hydrogen) atoms. The Labute approximate surface area is 169 Å². The van der Waals surface area contributed by atoms with Crippen molar-refractivity contribution in [3.63, 3.8) is 0 Å². The molecule has 3 N–H and O–H groups in total. The van der Waals surface area contributed by atoms with E-state index in [0.29, 0.717) is 24.0 Å².